The van der Waals surface area contributed by atoms with Crippen LogP contribution in [0.2, 0.25) is 18.1 Å². The van der Waals surface area contributed by atoms with Gasteiger partial charge in [-0.1, -0.05) is 20.8 Å². The molecule has 1 aromatic rings. The SMILES string of the molecule is COc1cc(O[Si](C)(C)C(C)(C)C)cc(OC)c1C. The highest BCUT2D eigenvalue weighted by Gasteiger charge is 2.39. The smallest absolute Gasteiger partial charge is 0.250 e. The number of ether oxygens (including phenoxy) is 2. The molecule has 0 N–H and O–H groups in total. The average molecular weight is 282 g/mol. The molecule has 0 saturated carbocycles. The van der Waals surface area contributed by atoms with Gasteiger partial charge in [0.05, 0.1) is 14.2 Å². The van der Waals surface area contributed by atoms with Gasteiger partial charge in [0.25, 0.3) is 0 Å². The standard InChI is InChI=1S/C15H26O3Si/c1-11-13(16-5)9-12(10-14(11)17-6)18-19(7,8)15(2,3)4/h9-10H,1-8H3. The summed E-state index contributed by atoms with van der Waals surface area (Å²) >= 11 is 0. The van der Waals surface area contributed by atoms with Crippen molar-refractivity contribution in [2.45, 2.75) is 45.8 Å². The van der Waals surface area contributed by atoms with Gasteiger partial charge in [-0.3, -0.25) is 0 Å². The van der Waals surface area contributed by atoms with E-state index in [-0.39, 0.29) is 5.04 Å². The molecule has 0 aliphatic carbocycles. The first-order valence-electron chi connectivity index (χ1n) is 6.54. The van der Waals surface area contributed by atoms with Gasteiger partial charge >= 0.3 is 0 Å². The Morgan fingerprint density at radius 1 is 0.947 bits per heavy atom. The van der Waals surface area contributed by atoms with E-state index in [9.17, 15) is 0 Å². The van der Waals surface area contributed by atoms with E-state index in [1.165, 1.54) is 0 Å². The third-order valence-corrected chi connectivity index (χ3v) is 8.26. The zero-order valence-electron chi connectivity index (χ0n) is 13.4. The van der Waals surface area contributed by atoms with E-state index < -0.39 is 8.32 Å². The molecule has 0 atom stereocenters. The van der Waals surface area contributed by atoms with Crippen LogP contribution in [0.3, 0.4) is 0 Å². The Morgan fingerprint density at radius 3 is 1.68 bits per heavy atom. The maximum absolute atomic E-state index is 6.29. The highest BCUT2D eigenvalue weighted by Crippen LogP contribution is 2.40. The summed E-state index contributed by atoms with van der Waals surface area (Å²) in [6.45, 7) is 13.1. The largest absolute Gasteiger partial charge is 0.543 e. The first-order chi connectivity index (χ1) is 8.62. The molecule has 0 fully saturated rings. The van der Waals surface area contributed by atoms with Crippen LogP contribution in [0.5, 0.6) is 17.2 Å². The van der Waals surface area contributed by atoms with Crippen molar-refractivity contribution >= 4 is 8.32 Å². The van der Waals surface area contributed by atoms with Crippen molar-refractivity contribution in [3.05, 3.63) is 17.7 Å². The fourth-order valence-corrected chi connectivity index (χ4v) is 2.58. The van der Waals surface area contributed by atoms with Gasteiger partial charge in [0.1, 0.15) is 17.2 Å². The van der Waals surface area contributed by atoms with E-state index in [1.807, 2.05) is 19.1 Å². The highest BCUT2D eigenvalue weighted by atomic mass is 28.4. The summed E-state index contributed by atoms with van der Waals surface area (Å²) in [5.74, 6) is 2.42. The Bertz CT molecular complexity index is 422. The van der Waals surface area contributed by atoms with Gasteiger partial charge in [-0.15, -0.1) is 0 Å². The number of rotatable bonds is 4. The minimum atomic E-state index is -1.85. The lowest BCUT2D eigenvalue weighted by molar-refractivity contribution is 0.383. The van der Waals surface area contributed by atoms with Crippen molar-refractivity contribution in [2.24, 2.45) is 0 Å². The molecule has 0 amide bonds. The quantitative estimate of drug-likeness (QED) is 0.766. The van der Waals surface area contributed by atoms with Crippen molar-refractivity contribution in [2.75, 3.05) is 14.2 Å². The molecule has 108 valence electrons. The van der Waals surface area contributed by atoms with Gasteiger partial charge in [0.2, 0.25) is 8.32 Å². The van der Waals surface area contributed by atoms with E-state index in [1.54, 1.807) is 14.2 Å². The monoisotopic (exact) mass is 282 g/mol. The molecule has 4 heteroatoms. The summed E-state index contributed by atoms with van der Waals surface area (Å²) in [6.07, 6.45) is 0. The second-order valence-electron chi connectivity index (χ2n) is 6.32. The second-order valence-corrected chi connectivity index (χ2v) is 11.0. The normalized spacial score (nSPS) is 12.2. The summed E-state index contributed by atoms with van der Waals surface area (Å²) in [7, 11) is 1.48. The van der Waals surface area contributed by atoms with Crippen LogP contribution < -0.4 is 13.9 Å². The molecule has 0 bridgehead atoms. The average Bonchev–Trinajstić information content (AvgIpc) is 2.29. The molecular weight excluding hydrogens is 256 g/mol. The van der Waals surface area contributed by atoms with Gasteiger partial charge in [0, 0.05) is 17.7 Å². The van der Waals surface area contributed by atoms with Crippen molar-refractivity contribution in [1.82, 2.24) is 0 Å². The summed E-state index contributed by atoms with van der Waals surface area (Å²) in [5, 5.41) is 0.165. The maximum atomic E-state index is 6.29. The van der Waals surface area contributed by atoms with Crippen LogP contribution >= 0.6 is 0 Å². The third kappa shape index (κ3) is 3.44. The van der Waals surface area contributed by atoms with Crippen molar-refractivity contribution in [1.29, 1.82) is 0 Å². The zero-order valence-corrected chi connectivity index (χ0v) is 14.4. The molecule has 1 rings (SSSR count). The molecule has 1 aromatic carbocycles. The minimum Gasteiger partial charge on any atom is -0.543 e. The molecule has 0 radical (unpaired) electrons. The number of methoxy groups -OCH3 is 2. The van der Waals surface area contributed by atoms with Crippen LogP contribution in [0.1, 0.15) is 26.3 Å². The Labute approximate surface area is 118 Å². The summed E-state index contributed by atoms with van der Waals surface area (Å²) < 4.78 is 17.1. The molecule has 0 heterocycles. The highest BCUT2D eigenvalue weighted by molar-refractivity contribution is 6.74. The summed E-state index contributed by atoms with van der Waals surface area (Å²) in [5.41, 5.74) is 0.993. The van der Waals surface area contributed by atoms with Crippen LogP contribution in [-0.4, -0.2) is 22.5 Å². The molecule has 0 aromatic heterocycles. The van der Waals surface area contributed by atoms with E-state index in [0.717, 1.165) is 22.8 Å². The first kappa shape index (κ1) is 15.9. The predicted molar refractivity (Wildman–Crippen MR) is 82.1 cm³/mol. The maximum Gasteiger partial charge on any atom is 0.250 e. The molecule has 19 heavy (non-hydrogen) atoms. The lowest BCUT2D eigenvalue weighted by Gasteiger charge is -2.36. The van der Waals surface area contributed by atoms with E-state index in [0.29, 0.717) is 0 Å². The zero-order chi connectivity index (χ0) is 14.8. The lowest BCUT2D eigenvalue weighted by atomic mass is 10.2. The van der Waals surface area contributed by atoms with Crippen LogP contribution in [0.15, 0.2) is 12.1 Å². The lowest BCUT2D eigenvalue weighted by Crippen LogP contribution is -2.43. The van der Waals surface area contributed by atoms with Gasteiger partial charge in [-0.25, -0.2) is 0 Å². The van der Waals surface area contributed by atoms with Crippen molar-refractivity contribution < 1.29 is 13.9 Å². The predicted octanol–water partition coefficient (Wildman–Crippen LogP) is 4.40. The molecule has 0 saturated heterocycles. The molecule has 0 spiro atoms. The Kier molecular flexibility index (Phi) is 4.56. The van der Waals surface area contributed by atoms with Crippen LogP contribution in [-0.2, 0) is 0 Å². The van der Waals surface area contributed by atoms with Crippen molar-refractivity contribution in [3.63, 3.8) is 0 Å². The fraction of sp³-hybridized carbons (Fsp3) is 0.600. The van der Waals surface area contributed by atoms with Gasteiger partial charge in [-0.05, 0) is 25.1 Å². The Hall–Kier alpha value is -1.16. The molecule has 0 aliphatic heterocycles. The first-order valence-corrected chi connectivity index (χ1v) is 9.45. The fourth-order valence-electron chi connectivity index (χ4n) is 1.57. The van der Waals surface area contributed by atoms with Crippen LogP contribution in [0, 0.1) is 6.92 Å². The molecular formula is C15H26O3Si. The summed E-state index contributed by atoms with van der Waals surface area (Å²) in [4.78, 5) is 0. The Morgan fingerprint density at radius 2 is 1.37 bits per heavy atom. The van der Waals surface area contributed by atoms with Gasteiger partial charge in [0.15, 0.2) is 0 Å². The van der Waals surface area contributed by atoms with Gasteiger partial charge in [-0.2, -0.15) is 0 Å². The topological polar surface area (TPSA) is 27.7 Å². The molecule has 3 nitrogen and oxygen atoms in total. The third-order valence-electron chi connectivity index (χ3n) is 3.90. The van der Waals surface area contributed by atoms with E-state index in [4.69, 9.17) is 13.9 Å². The van der Waals surface area contributed by atoms with E-state index in [2.05, 4.69) is 33.9 Å². The van der Waals surface area contributed by atoms with Crippen molar-refractivity contribution in [3.8, 4) is 17.2 Å². The Balaban J connectivity index is 3.16. The minimum absolute atomic E-state index is 0.165. The van der Waals surface area contributed by atoms with E-state index >= 15 is 0 Å². The molecule has 0 aliphatic rings. The molecule has 0 unspecified atom stereocenters. The number of benzene rings is 1. The van der Waals surface area contributed by atoms with Gasteiger partial charge < -0.3 is 13.9 Å². The number of hydrogen-bond acceptors (Lipinski definition) is 3. The summed E-state index contributed by atoms with van der Waals surface area (Å²) in [6, 6.07) is 3.89. The van der Waals surface area contributed by atoms with Crippen LogP contribution in [0.25, 0.3) is 0 Å². The second kappa shape index (κ2) is 5.45. The van der Waals surface area contributed by atoms with Crippen LogP contribution in [0.4, 0.5) is 0 Å². The number of hydrogen-bond donors (Lipinski definition) is 0.